The molecular weight excluding hydrogens is 320 g/mol. The van der Waals surface area contributed by atoms with Gasteiger partial charge >= 0.3 is 0 Å². The molecule has 0 fully saturated rings. The lowest BCUT2D eigenvalue weighted by Gasteiger charge is -2.07. The maximum Gasteiger partial charge on any atom is 0.233 e. The van der Waals surface area contributed by atoms with Crippen LogP contribution in [0, 0.1) is 0 Å². The number of anilines is 2. The Bertz CT molecular complexity index is 614. The van der Waals surface area contributed by atoms with E-state index < -0.39 is 0 Å². The highest BCUT2D eigenvalue weighted by Crippen LogP contribution is 2.21. The number of carbonyl (C=O) groups is 2. The lowest BCUT2D eigenvalue weighted by Crippen LogP contribution is -2.21. The van der Waals surface area contributed by atoms with Crippen molar-refractivity contribution in [2.75, 3.05) is 10.6 Å². The van der Waals surface area contributed by atoms with Crippen LogP contribution in [0.15, 0.2) is 59.1 Å². The monoisotopic (exact) mass is 332 g/mol. The van der Waals surface area contributed by atoms with Crippen molar-refractivity contribution in [1.82, 2.24) is 0 Å². The Morgan fingerprint density at radius 3 is 2.15 bits per heavy atom. The van der Waals surface area contributed by atoms with Gasteiger partial charge in [-0.25, -0.2) is 0 Å². The Morgan fingerprint density at radius 1 is 0.850 bits per heavy atom. The van der Waals surface area contributed by atoms with Crippen LogP contribution in [0.2, 0.25) is 0 Å². The number of carbonyl (C=O) groups excluding carboxylic acids is 2. The summed E-state index contributed by atoms with van der Waals surface area (Å²) in [6, 6.07) is 16.3. The quantitative estimate of drug-likeness (QED) is 0.843. The molecule has 5 heteroatoms. The Hall–Kier alpha value is -2.14. The number of hydrogen-bond acceptors (Lipinski definition) is 2. The van der Waals surface area contributed by atoms with Crippen molar-refractivity contribution in [3.63, 3.8) is 0 Å². The molecule has 2 aromatic rings. The fourth-order valence-corrected chi connectivity index (χ4v) is 2.01. The fraction of sp³-hybridized carbons (Fsp3) is 0.0667. The van der Waals surface area contributed by atoms with Crippen molar-refractivity contribution in [2.45, 2.75) is 6.42 Å². The van der Waals surface area contributed by atoms with Gasteiger partial charge in [0.05, 0.1) is 5.69 Å². The number of hydrogen-bond donors (Lipinski definition) is 2. The molecule has 4 nitrogen and oxygen atoms in total. The van der Waals surface area contributed by atoms with Crippen LogP contribution in [0.3, 0.4) is 0 Å². The zero-order chi connectivity index (χ0) is 14.4. The first-order valence-corrected chi connectivity index (χ1v) is 6.84. The smallest absolute Gasteiger partial charge is 0.233 e. The van der Waals surface area contributed by atoms with E-state index in [1.54, 1.807) is 18.2 Å². The summed E-state index contributed by atoms with van der Waals surface area (Å²) in [5.41, 5.74) is 1.32. The van der Waals surface area contributed by atoms with Gasteiger partial charge in [-0.05, 0) is 40.2 Å². The summed E-state index contributed by atoms with van der Waals surface area (Å²) in [7, 11) is 0. The number of para-hydroxylation sites is 2. The normalized spacial score (nSPS) is 9.85. The maximum atomic E-state index is 11.8. The molecule has 2 aromatic carbocycles. The average molecular weight is 333 g/mol. The van der Waals surface area contributed by atoms with Crippen LogP contribution in [-0.4, -0.2) is 11.8 Å². The van der Waals surface area contributed by atoms with Gasteiger partial charge in [0, 0.05) is 10.2 Å². The van der Waals surface area contributed by atoms with Crippen LogP contribution in [0.5, 0.6) is 0 Å². The zero-order valence-electron chi connectivity index (χ0n) is 10.6. The Morgan fingerprint density at radius 2 is 1.45 bits per heavy atom. The first kappa shape index (κ1) is 14.3. The first-order valence-electron chi connectivity index (χ1n) is 6.04. The summed E-state index contributed by atoms with van der Waals surface area (Å²) in [5, 5.41) is 5.34. The highest BCUT2D eigenvalue weighted by molar-refractivity contribution is 9.10. The number of halogens is 1. The van der Waals surface area contributed by atoms with E-state index in [4.69, 9.17) is 0 Å². The first-order chi connectivity index (χ1) is 9.65. The van der Waals surface area contributed by atoms with Gasteiger partial charge in [-0.15, -0.1) is 0 Å². The van der Waals surface area contributed by atoms with Gasteiger partial charge in [0.2, 0.25) is 11.8 Å². The van der Waals surface area contributed by atoms with Crippen molar-refractivity contribution in [3.05, 3.63) is 59.1 Å². The topological polar surface area (TPSA) is 58.2 Å². The van der Waals surface area contributed by atoms with Gasteiger partial charge in [-0.3, -0.25) is 9.59 Å². The lowest BCUT2D eigenvalue weighted by molar-refractivity contribution is -0.123. The maximum absolute atomic E-state index is 11.8. The second-order valence-corrected chi connectivity index (χ2v) is 4.97. The standard InChI is InChI=1S/C15H13BrN2O2/c16-12-8-4-5-9-13(12)18-15(20)10-14(19)17-11-6-2-1-3-7-11/h1-9H,10H2,(H,17,19)(H,18,20). The largest absolute Gasteiger partial charge is 0.326 e. The Balaban J connectivity index is 1.89. The zero-order valence-corrected chi connectivity index (χ0v) is 12.2. The van der Waals surface area contributed by atoms with Crippen molar-refractivity contribution >= 4 is 39.1 Å². The molecule has 0 atom stereocenters. The molecule has 0 bridgehead atoms. The third kappa shape index (κ3) is 4.20. The molecule has 0 aliphatic rings. The second-order valence-electron chi connectivity index (χ2n) is 4.12. The van der Waals surface area contributed by atoms with Crippen LogP contribution >= 0.6 is 15.9 Å². The van der Waals surface area contributed by atoms with Gasteiger partial charge in [0.15, 0.2) is 0 Å². The molecule has 102 valence electrons. The van der Waals surface area contributed by atoms with Gasteiger partial charge in [0.1, 0.15) is 6.42 Å². The molecule has 0 unspecified atom stereocenters. The summed E-state index contributed by atoms with van der Waals surface area (Å²) in [6.07, 6.45) is -0.226. The summed E-state index contributed by atoms with van der Waals surface area (Å²) >= 11 is 3.33. The second kappa shape index (κ2) is 6.86. The number of nitrogens with one attached hydrogen (secondary N) is 2. The summed E-state index contributed by atoms with van der Waals surface area (Å²) in [6.45, 7) is 0. The van der Waals surface area contributed by atoms with Gasteiger partial charge < -0.3 is 10.6 Å². The number of amides is 2. The van der Waals surface area contributed by atoms with E-state index in [1.165, 1.54) is 0 Å². The van der Waals surface area contributed by atoms with Crippen LogP contribution in [0.1, 0.15) is 6.42 Å². The highest BCUT2D eigenvalue weighted by Gasteiger charge is 2.10. The van der Waals surface area contributed by atoms with E-state index in [9.17, 15) is 9.59 Å². The SMILES string of the molecule is O=C(CC(=O)Nc1ccccc1Br)Nc1ccccc1. The van der Waals surface area contributed by atoms with Crippen LogP contribution < -0.4 is 10.6 Å². The minimum atomic E-state index is -0.356. The third-order valence-corrected chi connectivity index (χ3v) is 3.22. The molecule has 0 spiro atoms. The molecule has 2 amide bonds. The van der Waals surface area contributed by atoms with Crippen molar-refractivity contribution in [3.8, 4) is 0 Å². The van der Waals surface area contributed by atoms with Crippen LogP contribution in [0.4, 0.5) is 11.4 Å². The van der Waals surface area contributed by atoms with E-state index in [1.807, 2.05) is 36.4 Å². The number of benzene rings is 2. The summed E-state index contributed by atoms with van der Waals surface area (Å²) < 4.78 is 0.775. The molecule has 0 aliphatic carbocycles. The molecule has 0 aromatic heterocycles. The molecule has 20 heavy (non-hydrogen) atoms. The predicted molar refractivity (Wildman–Crippen MR) is 82.5 cm³/mol. The van der Waals surface area contributed by atoms with Crippen molar-refractivity contribution < 1.29 is 9.59 Å². The fourth-order valence-electron chi connectivity index (χ4n) is 1.63. The molecule has 0 saturated carbocycles. The molecule has 0 saturated heterocycles. The molecule has 2 N–H and O–H groups in total. The lowest BCUT2D eigenvalue weighted by atomic mass is 10.3. The van der Waals surface area contributed by atoms with E-state index in [-0.39, 0.29) is 18.2 Å². The minimum absolute atomic E-state index is 0.226. The predicted octanol–water partition coefficient (Wildman–Crippen LogP) is 3.42. The molecule has 0 radical (unpaired) electrons. The molecule has 0 heterocycles. The van der Waals surface area contributed by atoms with E-state index in [0.29, 0.717) is 11.4 Å². The molecule has 2 rings (SSSR count). The minimum Gasteiger partial charge on any atom is -0.326 e. The van der Waals surface area contributed by atoms with Crippen LogP contribution in [0.25, 0.3) is 0 Å². The number of rotatable bonds is 4. The van der Waals surface area contributed by atoms with Gasteiger partial charge in [-0.2, -0.15) is 0 Å². The van der Waals surface area contributed by atoms with E-state index in [2.05, 4.69) is 26.6 Å². The van der Waals surface area contributed by atoms with Gasteiger partial charge in [-0.1, -0.05) is 30.3 Å². The Kier molecular flexibility index (Phi) is 4.90. The third-order valence-electron chi connectivity index (χ3n) is 2.53. The highest BCUT2D eigenvalue weighted by atomic mass is 79.9. The summed E-state index contributed by atoms with van der Waals surface area (Å²) in [4.78, 5) is 23.5. The summed E-state index contributed by atoms with van der Waals surface area (Å²) in [5.74, 6) is -0.703. The molecule has 0 aliphatic heterocycles. The Labute approximate surface area is 125 Å². The van der Waals surface area contributed by atoms with Gasteiger partial charge in [0.25, 0.3) is 0 Å². The van der Waals surface area contributed by atoms with Crippen molar-refractivity contribution in [1.29, 1.82) is 0 Å². The van der Waals surface area contributed by atoms with Crippen molar-refractivity contribution in [2.24, 2.45) is 0 Å². The molecular formula is C15H13BrN2O2. The average Bonchev–Trinajstić information content (AvgIpc) is 2.42. The van der Waals surface area contributed by atoms with E-state index in [0.717, 1.165) is 4.47 Å². The van der Waals surface area contributed by atoms with E-state index >= 15 is 0 Å². The van der Waals surface area contributed by atoms with Crippen LogP contribution in [-0.2, 0) is 9.59 Å².